The van der Waals surface area contributed by atoms with Crippen LogP contribution in [0.25, 0.3) is 11.1 Å². The van der Waals surface area contributed by atoms with Gasteiger partial charge in [-0.05, 0) is 65.2 Å². The van der Waals surface area contributed by atoms with E-state index in [2.05, 4.69) is 5.32 Å². The van der Waals surface area contributed by atoms with Gasteiger partial charge in [0.1, 0.15) is 11.5 Å². The van der Waals surface area contributed by atoms with Gasteiger partial charge in [-0.1, -0.05) is 48.5 Å². The van der Waals surface area contributed by atoms with Gasteiger partial charge >= 0.3 is 0 Å². The molecule has 0 aromatic heterocycles. The molecule has 0 fully saturated rings. The van der Waals surface area contributed by atoms with Gasteiger partial charge in [0.05, 0.1) is 23.4 Å². The van der Waals surface area contributed by atoms with E-state index in [1.165, 1.54) is 29.6 Å². The van der Waals surface area contributed by atoms with Crippen LogP contribution in [0.3, 0.4) is 0 Å². The van der Waals surface area contributed by atoms with E-state index >= 15 is 0 Å². The number of hydrogen-bond donors (Lipinski definition) is 1. The second kappa shape index (κ2) is 11.3. The molecule has 0 aliphatic carbocycles. The van der Waals surface area contributed by atoms with Gasteiger partial charge in [-0.25, -0.2) is 16.8 Å². The monoisotopic (exact) mass is 564 g/mol. The number of amides is 1. The van der Waals surface area contributed by atoms with Crippen molar-refractivity contribution in [3.63, 3.8) is 0 Å². The van der Waals surface area contributed by atoms with E-state index in [1.807, 2.05) is 42.5 Å². The van der Waals surface area contributed by atoms with E-state index in [-0.39, 0.29) is 17.3 Å². The number of sulfonamides is 1. The number of rotatable bonds is 9. The number of benzene rings is 4. The zero-order valence-electron chi connectivity index (χ0n) is 21.7. The molecule has 202 valence electrons. The van der Waals surface area contributed by atoms with Crippen LogP contribution < -0.4 is 14.4 Å². The Morgan fingerprint density at radius 1 is 0.795 bits per heavy atom. The average Bonchev–Trinajstić information content (AvgIpc) is 2.91. The predicted molar refractivity (Wildman–Crippen MR) is 152 cm³/mol. The second-order valence-corrected chi connectivity index (χ2v) is 12.9. The number of para-hydroxylation sites is 1. The van der Waals surface area contributed by atoms with Gasteiger partial charge in [0.25, 0.3) is 5.91 Å². The van der Waals surface area contributed by atoms with Crippen LogP contribution in [0, 0.1) is 0 Å². The van der Waals surface area contributed by atoms with Crippen LogP contribution in [-0.4, -0.2) is 42.3 Å². The number of hydrogen-bond acceptors (Lipinski definition) is 6. The van der Waals surface area contributed by atoms with Crippen molar-refractivity contribution in [2.75, 3.05) is 23.9 Å². The molecule has 0 aliphatic rings. The standard InChI is InChI=1S/C29H28N2O6S2/c1-30-29(32)28-19-23(31(39(3,35)36)20-21-9-16-26(17-10-21)38(2,33)34)13-18-27(28)22-11-14-25(15-12-22)37-24-7-5-4-6-8-24/h4-19H,20H2,1-3H3,(H,30,32). The lowest BCUT2D eigenvalue weighted by molar-refractivity contribution is 0.0963. The summed E-state index contributed by atoms with van der Waals surface area (Å²) in [6, 6.07) is 27.5. The zero-order chi connectivity index (χ0) is 28.2. The van der Waals surface area contributed by atoms with Gasteiger partial charge in [-0.3, -0.25) is 9.10 Å². The first-order valence-corrected chi connectivity index (χ1v) is 15.7. The summed E-state index contributed by atoms with van der Waals surface area (Å²) in [5, 5.41) is 2.62. The molecule has 0 atom stereocenters. The summed E-state index contributed by atoms with van der Waals surface area (Å²) in [6.45, 7) is -0.0407. The number of carbonyl (C=O) groups is 1. The van der Waals surface area contributed by atoms with E-state index < -0.39 is 19.9 Å². The van der Waals surface area contributed by atoms with Crippen molar-refractivity contribution >= 4 is 31.5 Å². The molecular weight excluding hydrogens is 536 g/mol. The maximum atomic E-state index is 12.9. The molecule has 0 saturated heterocycles. The lowest BCUT2D eigenvalue weighted by Crippen LogP contribution is -2.30. The molecule has 0 saturated carbocycles. The van der Waals surface area contributed by atoms with Crippen LogP contribution in [0.15, 0.2) is 102 Å². The fourth-order valence-electron chi connectivity index (χ4n) is 4.00. The summed E-state index contributed by atoms with van der Waals surface area (Å²) in [5.74, 6) is 0.961. The van der Waals surface area contributed by atoms with E-state index in [0.717, 1.165) is 18.1 Å². The molecule has 0 bridgehead atoms. The minimum atomic E-state index is -3.75. The lowest BCUT2D eigenvalue weighted by Gasteiger charge is -2.24. The van der Waals surface area contributed by atoms with Crippen LogP contribution >= 0.6 is 0 Å². The summed E-state index contributed by atoms with van der Waals surface area (Å²) < 4.78 is 56.1. The van der Waals surface area contributed by atoms with E-state index in [0.29, 0.717) is 33.9 Å². The summed E-state index contributed by atoms with van der Waals surface area (Å²) in [7, 11) is -5.62. The first-order chi connectivity index (χ1) is 18.5. The molecule has 0 radical (unpaired) electrons. The van der Waals surface area contributed by atoms with Crippen LogP contribution in [0.2, 0.25) is 0 Å². The lowest BCUT2D eigenvalue weighted by atomic mass is 9.98. The molecule has 0 spiro atoms. The number of nitrogens with zero attached hydrogens (tertiary/aromatic N) is 1. The van der Waals surface area contributed by atoms with Crippen LogP contribution in [0.5, 0.6) is 11.5 Å². The highest BCUT2D eigenvalue weighted by Crippen LogP contribution is 2.32. The largest absolute Gasteiger partial charge is 0.457 e. The van der Waals surface area contributed by atoms with E-state index in [9.17, 15) is 21.6 Å². The fourth-order valence-corrected chi connectivity index (χ4v) is 5.51. The van der Waals surface area contributed by atoms with Crippen LogP contribution in [-0.2, 0) is 26.4 Å². The van der Waals surface area contributed by atoms with Crippen molar-refractivity contribution < 1.29 is 26.4 Å². The Labute approximate surface area is 228 Å². The van der Waals surface area contributed by atoms with Gasteiger partial charge in [-0.2, -0.15) is 0 Å². The predicted octanol–water partition coefficient (Wildman–Crippen LogP) is 4.88. The highest BCUT2D eigenvalue weighted by atomic mass is 32.2. The Balaban J connectivity index is 1.67. The maximum absolute atomic E-state index is 12.9. The minimum Gasteiger partial charge on any atom is -0.457 e. The first-order valence-electron chi connectivity index (χ1n) is 11.9. The van der Waals surface area contributed by atoms with Crippen molar-refractivity contribution in [1.29, 1.82) is 0 Å². The van der Waals surface area contributed by atoms with Crippen molar-refractivity contribution in [3.8, 4) is 22.6 Å². The Morgan fingerprint density at radius 2 is 1.41 bits per heavy atom. The Hall–Kier alpha value is -4.15. The number of sulfone groups is 1. The van der Waals surface area contributed by atoms with Crippen molar-refractivity contribution in [1.82, 2.24) is 5.32 Å². The molecule has 0 unspecified atom stereocenters. The van der Waals surface area contributed by atoms with E-state index in [4.69, 9.17) is 4.74 Å². The highest BCUT2D eigenvalue weighted by Gasteiger charge is 2.22. The summed E-state index contributed by atoms with van der Waals surface area (Å²) in [6.07, 6.45) is 2.19. The van der Waals surface area contributed by atoms with Gasteiger partial charge < -0.3 is 10.1 Å². The SMILES string of the molecule is CNC(=O)c1cc(N(Cc2ccc(S(C)(=O)=O)cc2)S(C)(=O)=O)ccc1-c1ccc(Oc2ccccc2)cc1. The molecule has 4 rings (SSSR count). The topological polar surface area (TPSA) is 110 Å². The Morgan fingerprint density at radius 3 is 1.97 bits per heavy atom. The fraction of sp³-hybridized carbons (Fsp3) is 0.138. The molecular formula is C29H28N2O6S2. The number of nitrogens with one attached hydrogen (secondary N) is 1. The van der Waals surface area contributed by atoms with Gasteiger partial charge in [0.2, 0.25) is 10.0 Å². The molecule has 4 aromatic carbocycles. The van der Waals surface area contributed by atoms with Crippen LogP contribution in [0.4, 0.5) is 5.69 Å². The minimum absolute atomic E-state index is 0.0407. The van der Waals surface area contributed by atoms with Crippen molar-refractivity contribution in [2.45, 2.75) is 11.4 Å². The smallest absolute Gasteiger partial charge is 0.251 e. The molecule has 0 aliphatic heterocycles. The number of carbonyl (C=O) groups excluding carboxylic acids is 1. The summed E-state index contributed by atoms with van der Waals surface area (Å²) >= 11 is 0. The number of anilines is 1. The highest BCUT2D eigenvalue weighted by molar-refractivity contribution is 7.92. The second-order valence-electron chi connectivity index (χ2n) is 8.93. The van der Waals surface area contributed by atoms with Gasteiger partial charge in [-0.15, -0.1) is 0 Å². The molecule has 8 nitrogen and oxygen atoms in total. The van der Waals surface area contributed by atoms with Gasteiger partial charge in [0, 0.05) is 18.9 Å². The van der Waals surface area contributed by atoms with Crippen LogP contribution in [0.1, 0.15) is 15.9 Å². The third-order valence-corrected chi connectivity index (χ3v) is 8.25. The van der Waals surface area contributed by atoms with Crippen molar-refractivity contribution in [3.05, 3.63) is 108 Å². The van der Waals surface area contributed by atoms with E-state index in [1.54, 1.807) is 36.4 Å². The maximum Gasteiger partial charge on any atom is 0.251 e. The Kier molecular flexibility index (Phi) is 8.08. The molecule has 4 aromatic rings. The molecule has 0 heterocycles. The summed E-state index contributed by atoms with van der Waals surface area (Å²) in [4.78, 5) is 13.0. The quantitative estimate of drug-likeness (QED) is 0.311. The first kappa shape index (κ1) is 27.9. The molecule has 1 N–H and O–H groups in total. The molecule has 39 heavy (non-hydrogen) atoms. The Bertz CT molecular complexity index is 1690. The normalized spacial score (nSPS) is 11.6. The average molecular weight is 565 g/mol. The molecule has 10 heteroatoms. The molecule has 1 amide bonds. The van der Waals surface area contributed by atoms with Crippen molar-refractivity contribution in [2.24, 2.45) is 0 Å². The summed E-state index contributed by atoms with van der Waals surface area (Å²) in [5.41, 5.74) is 2.56. The third-order valence-electron chi connectivity index (χ3n) is 5.99. The van der Waals surface area contributed by atoms with Gasteiger partial charge in [0.15, 0.2) is 9.84 Å². The number of ether oxygens (including phenoxy) is 1. The zero-order valence-corrected chi connectivity index (χ0v) is 23.3. The third kappa shape index (κ3) is 6.84.